The van der Waals surface area contributed by atoms with Crippen molar-refractivity contribution >= 4 is 10.9 Å². The molecule has 1 N–H and O–H groups in total. The van der Waals surface area contributed by atoms with Crippen LogP contribution in [-0.4, -0.2) is 30.9 Å². The number of ether oxygens (including phenoxy) is 1. The second kappa shape index (κ2) is 11.2. The lowest BCUT2D eigenvalue weighted by atomic mass is 9.72. The summed E-state index contributed by atoms with van der Waals surface area (Å²) in [7, 11) is 1.45. The Hall–Kier alpha value is -2.67. The van der Waals surface area contributed by atoms with Crippen molar-refractivity contribution in [2.75, 3.05) is 13.7 Å². The zero-order valence-electron chi connectivity index (χ0n) is 19.9. The molecule has 3 aromatic rings. The SMILES string of the molecule is CCCCNC(CC(C)(CCc1ccnc2ccccc12)c1cc(F)ccc1OC)C(F)(F)F. The van der Waals surface area contributed by atoms with E-state index in [-0.39, 0.29) is 13.0 Å². The number of aromatic nitrogens is 1. The average molecular weight is 477 g/mol. The molecule has 2 unspecified atom stereocenters. The maximum atomic E-state index is 14.3. The van der Waals surface area contributed by atoms with E-state index in [1.54, 1.807) is 13.1 Å². The fourth-order valence-corrected chi connectivity index (χ4v) is 4.49. The normalized spacial score (nSPS) is 14.7. The third-order valence-corrected chi connectivity index (χ3v) is 6.47. The number of aryl methyl sites for hydroxylation is 1. The number of hydrogen-bond acceptors (Lipinski definition) is 3. The Morgan fingerprint density at radius 1 is 1.09 bits per heavy atom. The van der Waals surface area contributed by atoms with E-state index in [0.717, 1.165) is 22.9 Å². The minimum atomic E-state index is -4.43. The van der Waals surface area contributed by atoms with Crippen LogP contribution in [0.1, 0.15) is 50.7 Å². The first-order chi connectivity index (χ1) is 16.2. The van der Waals surface area contributed by atoms with Crippen molar-refractivity contribution < 1.29 is 22.3 Å². The number of benzene rings is 2. The van der Waals surface area contributed by atoms with E-state index >= 15 is 0 Å². The number of unbranched alkanes of at least 4 members (excludes halogenated alkanes) is 1. The minimum absolute atomic E-state index is 0.233. The fraction of sp³-hybridized carbons (Fsp3) is 0.444. The van der Waals surface area contributed by atoms with Gasteiger partial charge in [-0.15, -0.1) is 0 Å². The highest BCUT2D eigenvalue weighted by Gasteiger charge is 2.44. The van der Waals surface area contributed by atoms with Gasteiger partial charge in [-0.05, 0) is 73.5 Å². The molecule has 184 valence electrons. The van der Waals surface area contributed by atoms with Crippen molar-refractivity contribution in [3.63, 3.8) is 0 Å². The van der Waals surface area contributed by atoms with Gasteiger partial charge in [-0.2, -0.15) is 13.2 Å². The van der Waals surface area contributed by atoms with Crippen LogP contribution in [0.25, 0.3) is 10.9 Å². The molecule has 0 fully saturated rings. The van der Waals surface area contributed by atoms with Crippen LogP contribution in [0, 0.1) is 5.82 Å². The molecule has 3 rings (SSSR count). The number of para-hydroxylation sites is 1. The molecule has 7 heteroatoms. The molecule has 0 bridgehead atoms. The van der Waals surface area contributed by atoms with Crippen LogP contribution in [0.5, 0.6) is 5.75 Å². The number of fused-ring (bicyclic) bond motifs is 1. The maximum absolute atomic E-state index is 14.3. The van der Waals surface area contributed by atoms with Gasteiger partial charge in [0.2, 0.25) is 0 Å². The molecule has 0 saturated carbocycles. The molecule has 0 aliphatic carbocycles. The number of nitrogens with one attached hydrogen (secondary N) is 1. The Kier molecular flexibility index (Phi) is 8.52. The van der Waals surface area contributed by atoms with Gasteiger partial charge >= 0.3 is 6.18 Å². The smallest absolute Gasteiger partial charge is 0.403 e. The van der Waals surface area contributed by atoms with Crippen molar-refractivity contribution in [3.05, 3.63) is 71.7 Å². The van der Waals surface area contributed by atoms with Gasteiger partial charge in [0.05, 0.1) is 12.6 Å². The number of hydrogen-bond donors (Lipinski definition) is 1. The van der Waals surface area contributed by atoms with Crippen LogP contribution < -0.4 is 10.1 Å². The summed E-state index contributed by atoms with van der Waals surface area (Å²) in [5.74, 6) is -0.114. The quantitative estimate of drug-likeness (QED) is 0.239. The molecule has 0 spiro atoms. The van der Waals surface area contributed by atoms with Crippen LogP contribution in [0.3, 0.4) is 0 Å². The number of methoxy groups -OCH3 is 1. The Bertz CT molecular complexity index is 1080. The number of nitrogens with zero attached hydrogens (tertiary/aromatic N) is 1. The van der Waals surface area contributed by atoms with E-state index in [4.69, 9.17) is 4.74 Å². The molecule has 0 aliphatic rings. The number of rotatable bonds is 11. The van der Waals surface area contributed by atoms with Crippen LogP contribution in [-0.2, 0) is 11.8 Å². The lowest BCUT2D eigenvalue weighted by Gasteiger charge is -2.36. The van der Waals surface area contributed by atoms with Gasteiger partial charge in [0, 0.05) is 17.1 Å². The van der Waals surface area contributed by atoms with Gasteiger partial charge in [0.1, 0.15) is 17.6 Å². The summed E-state index contributed by atoms with van der Waals surface area (Å²) < 4.78 is 61.9. The Labute approximate surface area is 198 Å². The van der Waals surface area contributed by atoms with Crippen molar-refractivity contribution in [1.82, 2.24) is 10.3 Å². The number of pyridine rings is 1. The fourth-order valence-electron chi connectivity index (χ4n) is 4.49. The topological polar surface area (TPSA) is 34.2 Å². The first kappa shape index (κ1) is 25.9. The first-order valence-corrected chi connectivity index (χ1v) is 11.6. The number of halogens is 4. The van der Waals surface area contributed by atoms with Gasteiger partial charge in [-0.25, -0.2) is 4.39 Å². The standard InChI is InChI=1S/C27H32F4N2O/c1-4-5-15-33-25(27(29,30)31)18-26(2,22-17-20(28)10-11-24(22)34-3)14-12-19-13-16-32-23-9-7-6-8-21(19)23/h6-11,13,16-17,25,33H,4-5,12,14-15,18H2,1-3H3. The summed E-state index contributed by atoms with van der Waals surface area (Å²) in [6, 6.07) is 11.9. The van der Waals surface area contributed by atoms with Crippen molar-refractivity contribution in [1.29, 1.82) is 0 Å². The highest BCUT2D eigenvalue weighted by molar-refractivity contribution is 5.81. The largest absolute Gasteiger partial charge is 0.496 e. The molecule has 34 heavy (non-hydrogen) atoms. The highest BCUT2D eigenvalue weighted by Crippen LogP contribution is 2.42. The van der Waals surface area contributed by atoms with E-state index in [2.05, 4.69) is 10.3 Å². The van der Waals surface area contributed by atoms with Gasteiger partial charge in [0.15, 0.2) is 0 Å². The molecule has 0 amide bonds. The Balaban J connectivity index is 2.00. The predicted molar refractivity (Wildman–Crippen MR) is 128 cm³/mol. The van der Waals surface area contributed by atoms with Crippen LogP contribution in [0.2, 0.25) is 0 Å². The zero-order valence-corrected chi connectivity index (χ0v) is 19.9. The second-order valence-corrected chi connectivity index (χ2v) is 9.00. The Morgan fingerprint density at radius 2 is 1.85 bits per heavy atom. The molecular weight excluding hydrogens is 444 g/mol. The third kappa shape index (κ3) is 6.26. The summed E-state index contributed by atoms with van der Waals surface area (Å²) in [4.78, 5) is 4.38. The summed E-state index contributed by atoms with van der Waals surface area (Å²) in [6.07, 6.45) is -0.622. The van der Waals surface area contributed by atoms with Gasteiger partial charge in [-0.3, -0.25) is 4.98 Å². The molecule has 2 atom stereocenters. The van der Waals surface area contributed by atoms with Crippen molar-refractivity contribution in [2.45, 2.75) is 63.6 Å². The summed E-state index contributed by atoms with van der Waals surface area (Å²) in [5, 5.41) is 3.66. The number of alkyl halides is 3. The molecule has 3 nitrogen and oxygen atoms in total. The zero-order chi connectivity index (χ0) is 24.8. The van der Waals surface area contributed by atoms with E-state index < -0.39 is 23.5 Å². The molecule has 1 heterocycles. The van der Waals surface area contributed by atoms with Crippen LogP contribution in [0.15, 0.2) is 54.7 Å². The molecule has 0 aliphatic heterocycles. The van der Waals surface area contributed by atoms with E-state index in [1.165, 1.54) is 25.3 Å². The molecule has 2 aromatic carbocycles. The van der Waals surface area contributed by atoms with Crippen molar-refractivity contribution in [2.24, 2.45) is 0 Å². The van der Waals surface area contributed by atoms with Gasteiger partial charge < -0.3 is 10.1 Å². The molecule has 0 saturated heterocycles. The summed E-state index contributed by atoms with van der Waals surface area (Å²) in [5.41, 5.74) is 1.27. The first-order valence-electron chi connectivity index (χ1n) is 11.6. The predicted octanol–water partition coefficient (Wildman–Crippen LogP) is 6.98. The highest BCUT2D eigenvalue weighted by atomic mass is 19.4. The van der Waals surface area contributed by atoms with E-state index in [1.807, 2.05) is 37.3 Å². The Morgan fingerprint density at radius 3 is 2.56 bits per heavy atom. The van der Waals surface area contributed by atoms with Crippen LogP contribution >= 0.6 is 0 Å². The van der Waals surface area contributed by atoms with Crippen LogP contribution in [0.4, 0.5) is 17.6 Å². The lowest BCUT2D eigenvalue weighted by Crippen LogP contribution is -2.47. The molecular formula is C27H32F4N2O. The third-order valence-electron chi connectivity index (χ3n) is 6.47. The molecule has 1 aromatic heterocycles. The second-order valence-electron chi connectivity index (χ2n) is 9.00. The summed E-state index contributed by atoms with van der Waals surface area (Å²) >= 11 is 0. The maximum Gasteiger partial charge on any atom is 0.403 e. The lowest BCUT2D eigenvalue weighted by molar-refractivity contribution is -0.160. The monoisotopic (exact) mass is 476 g/mol. The van der Waals surface area contributed by atoms with Gasteiger partial charge in [-0.1, -0.05) is 38.5 Å². The summed E-state index contributed by atoms with van der Waals surface area (Å²) in [6.45, 7) is 3.98. The van der Waals surface area contributed by atoms with E-state index in [9.17, 15) is 17.6 Å². The molecule has 0 radical (unpaired) electrons. The van der Waals surface area contributed by atoms with Crippen molar-refractivity contribution in [3.8, 4) is 5.75 Å². The average Bonchev–Trinajstić information content (AvgIpc) is 2.81. The van der Waals surface area contributed by atoms with Gasteiger partial charge in [0.25, 0.3) is 0 Å². The minimum Gasteiger partial charge on any atom is -0.496 e. The van der Waals surface area contributed by atoms with E-state index in [0.29, 0.717) is 30.6 Å².